The van der Waals surface area contributed by atoms with Crippen molar-refractivity contribution >= 4 is 27.5 Å². The predicted octanol–water partition coefficient (Wildman–Crippen LogP) is 3.90. The topological polar surface area (TPSA) is 86.8 Å². The van der Waals surface area contributed by atoms with Crippen LogP contribution in [0.5, 0.6) is 0 Å². The van der Waals surface area contributed by atoms with E-state index < -0.39 is 27.7 Å². The number of likely N-dealkylation sites (N-methyl/N-ethyl adjacent to an activating group) is 1. The molecule has 0 saturated carbocycles. The van der Waals surface area contributed by atoms with Crippen molar-refractivity contribution in [3.8, 4) is 0 Å². The summed E-state index contributed by atoms with van der Waals surface area (Å²) in [7, 11) is -2.33. The summed E-state index contributed by atoms with van der Waals surface area (Å²) in [5.41, 5.74) is 1.38. The third-order valence-corrected chi connectivity index (χ3v) is 7.24. The molecule has 0 bridgehead atoms. The van der Waals surface area contributed by atoms with Crippen molar-refractivity contribution in [1.82, 2.24) is 10.2 Å². The predicted molar refractivity (Wildman–Crippen MR) is 143 cm³/mol. The average molecular weight is 544 g/mol. The Morgan fingerprint density at radius 1 is 0.895 bits per heavy atom. The molecule has 0 aliphatic carbocycles. The molecule has 38 heavy (non-hydrogen) atoms. The maximum absolute atomic E-state index is 14.3. The van der Waals surface area contributed by atoms with Gasteiger partial charge in [0.25, 0.3) is 0 Å². The second-order valence-electron chi connectivity index (χ2n) is 8.86. The first-order valence-corrected chi connectivity index (χ1v) is 14.0. The molecule has 10 heteroatoms. The lowest BCUT2D eigenvalue weighted by Crippen LogP contribution is -2.49. The van der Waals surface area contributed by atoms with Crippen molar-refractivity contribution in [2.75, 3.05) is 24.2 Å². The van der Waals surface area contributed by atoms with Crippen molar-refractivity contribution in [3.05, 3.63) is 102 Å². The number of sulfonamides is 1. The quantitative estimate of drug-likeness (QED) is 0.376. The van der Waals surface area contributed by atoms with Gasteiger partial charge >= 0.3 is 0 Å². The number of nitrogens with zero attached hydrogens (tertiary/aromatic N) is 2. The molecule has 1 atom stereocenters. The molecule has 1 N–H and O–H groups in total. The van der Waals surface area contributed by atoms with Crippen LogP contribution < -0.4 is 9.62 Å². The van der Waals surface area contributed by atoms with Crippen LogP contribution in [-0.2, 0) is 32.6 Å². The van der Waals surface area contributed by atoms with E-state index in [1.54, 1.807) is 12.1 Å². The third kappa shape index (κ3) is 7.85. The Morgan fingerprint density at radius 3 is 2.13 bits per heavy atom. The molecule has 3 aromatic carbocycles. The highest BCUT2D eigenvalue weighted by atomic mass is 32.2. The van der Waals surface area contributed by atoms with Crippen LogP contribution in [0.1, 0.15) is 24.0 Å². The Bertz CT molecular complexity index is 1340. The van der Waals surface area contributed by atoms with Crippen LogP contribution in [0.25, 0.3) is 0 Å². The van der Waals surface area contributed by atoms with Gasteiger partial charge in [0.2, 0.25) is 21.8 Å². The summed E-state index contributed by atoms with van der Waals surface area (Å²) in [4.78, 5) is 27.9. The standard InChI is InChI=1S/C28H31F2N3O4S/c1-31-28(35)26(19-21-9-4-3-5-10-21)32(20-22-14-16-23(29)17-15-22)27(34)13-8-18-33(38(2,36)37)25-12-7-6-11-24(25)30/h3-7,9-12,14-17,26H,8,13,18-20H2,1-2H3,(H,31,35). The third-order valence-electron chi connectivity index (χ3n) is 6.06. The van der Waals surface area contributed by atoms with Gasteiger partial charge in [0.1, 0.15) is 17.7 Å². The fourth-order valence-electron chi connectivity index (χ4n) is 4.14. The number of benzene rings is 3. The molecule has 0 fully saturated rings. The Kier molecular flexibility index (Phi) is 9.95. The van der Waals surface area contributed by atoms with Gasteiger partial charge < -0.3 is 10.2 Å². The monoisotopic (exact) mass is 543 g/mol. The number of carbonyl (C=O) groups excluding carboxylic acids is 2. The van der Waals surface area contributed by atoms with Crippen LogP contribution in [0.15, 0.2) is 78.9 Å². The zero-order valence-electron chi connectivity index (χ0n) is 21.3. The average Bonchev–Trinajstić information content (AvgIpc) is 2.89. The molecule has 0 spiro atoms. The van der Waals surface area contributed by atoms with Crippen molar-refractivity contribution in [3.63, 3.8) is 0 Å². The smallest absolute Gasteiger partial charge is 0.242 e. The zero-order chi connectivity index (χ0) is 27.7. The van der Waals surface area contributed by atoms with Crippen LogP contribution in [0.3, 0.4) is 0 Å². The van der Waals surface area contributed by atoms with E-state index in [0.29, 0.717) is 5.56 Å². The normalized spacial score (nSPS) is 12.0. The molecule has 2 amide bonds. The minimum absolute atomic E-state index is 0.0487. The molecule has 7 nitrogen and oxygen atoms in total. The van der Waals surface area contributed by atoms with Crippen LogP contribution in [0.2, 0.25) is 0 Å². The Morgan fingerprint density at radius 2 is 1.53 bits per heavy atom. The minimum Gasteiger partial charge on any atom is -0.357 e. The number of nitrogens with one attached hydrogen (secondary N) is 1. The minimum atomic E-state index is -3.82. The van der Waals surface area contributed by atoms with Gasteiger partial charge in [-0.05, 0) is 41.8 Å². The number of rotatable bonds is 12. The molecule has 0 aliphatic heterocycles. The lowest BCUT2D eigenvalue weighted by atomic mass is 10.0. The molecule has 1 unspecified atom stereocenters. The molecule has 3 aromatic rings. The molecular formula is C28H31F2N3O4S. The Hall–Kier alpha value is -3.79. The van der Waals surface area contributed by atoms with Gasteiger partial charge in [-0.15, -0.1) is 0 Å². The highest BCUT2D eigenvalue weighted by Gasteiger charge is 2.30. The number of hydrogen-bond acceptors (Lipinski definition) is 4. The van der Waals surface area contributed by atoms with E-state index in [4.69, 9.17) is 0 Å². The number of halogens is 2. The first-order chi connectivity index (χ1) is 18.1. The van der Waals surface area contributed by atoms with Gasteiger partial charge in [-0.3, -0.25) is 13.9 Å². The lowest BCUT2D eigenvalue weighted by Gasteiger charge is -2.31. The Labute approximate surface area is 222 Å². The first kappa shape index (κ1) is 28.8. The van der Waals surface area contributed by atoms with Gasteiger partial charge in [0.05, 0.1) is 11.9 Å². The van der Waals surface area contributed by atoms with Crippen LogP contribution in [0, 0.1) is 11.6 Å². The maximum atomic E-state index is 14.3. The molecule has 0 saturated heterocycles. The number of anilines is 1. The largest absolute Gasteiger partial charge is 0.357 e. The maximum Gasteiger partial charge on any atom is 0.242 e. The molecule has 0 aromatic heterocycles. The summed E-state index contributed by atoms with van der Waals surface area (Å²) < 4.78 is 53.5. The summed E-state index contributed by atoms with van der Waals surface area (Å²) in [6, 6.07) is 19.5. The van der Waals surface area contributed by atoms with Crippen molar-refractivity contribution < 1.29 is 26.8 Å². The first-order valence-electron chi connectivity index (χ1n) is 12.1. The van der Waals surface area contributed by atoms with Gasteiger partial charge in [0, 0.05) is 33.0 Å². The van der Waals surface area contributed by atoms with Gasteiger partial charge in [0.15, 0.2) is 0 Å². The van der Waals surface area contributed by atoms with Crippen LogP contribution in [-0.4, -0.2) is 51.0 Å². The second kappa shape index (κ2) is 13.1. The summed E-state index contributed by atoms with van der Waals surface area (Å²) in [6.07, 6.45) is 1.22. The van der Waals surface area contributed by atoms with E-state index in [2.05, 4.69) is 5.32 Å². The van der Waals surface area contributed by atoms with Crippen LogP contribution in [0.4, 0.5) is 14.5 Å². The van der Waals surface area contributed by atoms with Gasteiger partial charge in [-0.2, -0.15) is 0 Å². The highest BCUT2D eigenvalue weighted by molar-refractivity contribution is 7.92. The molecule has 202 valence electrons. The SMILES string of the molecule is CNC(=O)C(Cc1ccccc1)N(Cc1ccc(F)cc1)C(=O)CCCN(c1ccccc1F)S(C)(=O)=O. The van der Waals surface area contributed by atoms with E-state index >= 15 is 0 Å². The van der Waals surface area contributed by atoms with Gasteiger partial charge in [-0.25, -0.2) is 17.2 Å². The summed E-state index contributed by atoms with van der Waals surface area (Å²) in [6.45, 7) is -0.0770. The summed E-state index contributed by atoms with van der Waals surface area (Å²) >= 11 is 0. The summed E-state index contributed by atoms with van der Waals surface area (Å²) in [5, 5.41) is 2.62. The number of carbonyl (C=O) groups is 2. The highest BCUT2D eigenvalue weighted by Crippen LogP contribution is 2.23. The number of para-hydroxylation sites is 1. The molecule has 0 heterocycles. The van der Waals surface area contributed by atoms with E-state index in [9.17, 15) is 26.8 Å². The van der Waals surface area contributed by atoms with Crippen molar-refractivity contribution in [2.24, 2.45) is 0 Å². The van der Waals surface area contributed by atoms with Crippen molar-refractivity contribution in [1.29, 1.82) is 0 Å². The molecule has 0 aliphatic rings. The van der Waals surface area contributed by atoms with E-state index in [1.165, 1.54) is 48.3 Å². The Balaban J connectivity index is 1.84. The van der Waals surface area contributed by atoms with Crippen molar-refractivity contribution in [2.45, 2.75) is 31.8 Å². The lowest BCUT2D eigenvalue weighted by molar-refractivity contribution is -0.141. The number of amides is 2. The molecular weight excluding hydrogens is 512 g/mol. The van der Waals surface area contributed by atoms with E-state index in [0.717, 1.165) is 16.1 Å². The van der Waals surface area contributed by atoms with E-state index in [1.807, 2.05) is 30.3 Å². The molecule has 3 rings (SSSR count). The van der Waals surface area contributed by atoms with Gasteiger partial charge in [-0.1, -0.05) is 54.6 Å². The summed E-state index contributed by atoms with van der Waals surface area (Å²) in [5.74, 6) is -1.87. The fourth-order valence-corrected chi connectivity index (χ4v) is 5.11. The van der Waals surface area contributed by atoms with Crippen LogP contribution >= 0.6 is 0 Å². The van der Waals surface area contributed by atoms with E-state index in [-0.39, 0.29) is 49.9 Å². The zero-order valence-corrected chi connectivity index (χ0v) is 22.1. The fraction of sp³-hybridized carbons (Fsp3) is 0.286. The second-order valence-corrected chi connectivity index (χ2v) is 10.8. The number of hydrogen-bond donors (Lipinski definition) is 1. The molecule has 0 radical (unpaired) electrons.